The maximum Gasteiger partial charge on any atom is 0.461 e. The lowest BCUT2D eigenvalue weighted by molar-refractivity contribution is -0.253. The lowest BCUT2D eigenvalue weighted by Crippen LogP contribution is -2.43. The van der Waals surface area contributed by atoms with Gasteiger partial charge in [-0.15, -0.1) is 0 Å². The highest BCUT2D eigenvalue weighted by Crippen LogP contribution is 2.41. The highest BCUT2D eigenvalue weighted by atomic mass is 19.3. The molecule has 2 fully saturated rings. The van der Waals surface area contributed by atoms with Gasteiger partial charge >= 0.3 is 12.5 Å². The zero-order valence-corrected chi connectivity index (χ0v) is 21.2. The molecule has 2 aliphatic rings. The van der Waals surface area contributed by atoms with Gasteiger partial charge in [-0.25, -0.2) is 4.98 Å². The van der Waals surface area contributed by atoms with Crippen molar-refractivity contribution in [2.24, 2.45) is 5.92 Å². The second kappa shape index (κ2) is 11.3. The molecule has 204 valence electrons. The number of carbonyl (C=O) groups excluding carboxylic acids is 1. The molecule has 0 radical (unpaired) electrons. The topological polar surface area (TPSA) is 56.2 Å². The molecule has 0 spiro atoms. The first-order valence-electron chi connectivity index (χ1n) is 13.6. The van der Waals surface area contributed by atoms with Crippen LogP contribution in [0.15, 0.2) is 48.5 Å². The minimum absolute atomic E-state index is 0.0271. The number of alkyl halides is 4. The van der Waals surface area contributed by atoms with Crippen molar-refractivity contribution in [2.45, 2.75) is 88.8 Å². The number of para-hydroxylation sites is 3. The van der Waals surface area contributed by atoms with E-state index in [2.05, 4.69) is 10.1 Å². The number of rotatable bonds is 8. The Morgan fingerprint density at radius 1 is 0.921 bits per heavy atom. The number of fused-ring (bicyclic) bond motifs is 1. The van der Waals surface area contributed by atoms with Crippen molar-refractivity contribution < 1.29 is 27.1 Å². The number of hydrogen-bond acceptors (Lipinski definition) is 3. The summed E-state index contributed by atoms with van der Waals surface area (Å²) in [6.07, 6.45) is 1.31. The lowest BCUT2D eigenvalue weighted by Gasteiger charge is -2.34. The van der Waals surface area contributed by atoms with E-state index in [0.29, 0.717) is 11.0 Å². The smallest absolute Gasteiger partial charge is 0.428 e. The Hall–Kier alpha value is -3.10. The second-order valence-corrected chi connectivity index (χ2v) is 10.4. The van der Waals surface area contributed by atoms with Crippen LogP contribution in [0.5, 0.6) is 5.75 Å². The van der Waals surface area contributed by atoms with Gasteiger partial charge in [0.1, 0.15) is 17.6 Å². The molecule has 1 N–H and O–H groups in total. The first kappa shape index (κ1) is 26.5. The van der Waals surface area contributed by atoms with Crippen LogP contribution in [0.25, 0.3) is 22.4 Å². The summed E-state index contributed by atoms with van der Waals surface area (Å²) in [4.78, 5) is 18.8. The largest absolute Gasteiger partial charge is 0.461 e. The number of carbonyl (C=O) groups is 1. The van der Waals surface area contributed by atoms with Crippen molar-refractivity contribution >= 4 is 16.9 Å². The van der Waals surface area contributed by atoms with Crippen LogP contribution in [0, 0.1) is 5.92 Å². The second-order valence-electron chi connectivity index (χ2n) is 10.4. The maximum absolute atomic E-state index is 14.0. The minimum atomic E-state index is -4.67. The Morgan fingerprint density at radius 2 is 1.55 bits per heavy atom. The summed E-state index contributed by atoms with van der Waals surface area (Å²) in [5.41, 5.74) is 1.41. The van der Waals surface area contributed by atoms with E-state index < -0.39 is 24.3 Å². The molecule has 1 unspecified atom stereocenters. The number of aromatic nitrogens is 2. The van der Waals surface area contributed by atoms with Crippen LogP contribution in [0.4, 0.5) is 17.6 Å². The van der Waals surface area contributed by atoms with Crippen LogP contribution in [0.1, 0.15) is 70.3 Å². The van der Waals surface area contributed by atoms with Crippen LogP contribution in [-0.4, -0.2) is 34.0 Å². The maximum atomic E-state index is 14.0. The van der Waals surface area contributed by atoms with Crippen molar-refractivity contribution in [1.82, 2.24) is 14.9 Å². The molecule has 5 nitrogen and oxygen atoms in total. The zero-order chi connectivity index (χ0) is 26.7. The summed E-state index contributed by atoms with van der Waals surface area (Å²) in [6.45, 7) is 0. The number of benzene rings is 2. The summed E-state index contributed by atoms with van der Waals surface area (Å²) in [5.74, 6) is -0.241. The molecular weight excluding hydrogens is 498 g/mol. The summed E-state index contributed by atoms with van der Waals surface area (Å²) >= 11 is 0. The SMILES string of the molecule is O=C(NC1CCCCC1)C(C1CCCCC1)n1c(-c2ccccc2OC(F)(F)C(F)F)nc2ccccc21. The van der Waals surface area contributed by atoms with Crippen LogP contribution in [-0.2, 0) is 4.79 Å². The van der Waals surface area contributed by atoms with E-state index in [1.165, 1.54) is 18.2 Å². The normalized spacial score (nSPS) is 18.6. The molecule has 0 aliphatic heterocycles. The van der Waals surface area contributed by atoms with Crippen LogP contribution in [0.3, 0.4) is 0 Å². The lowest BCUT2D eigenvalue weighted by atomic mass is 9.82. The van der Waals surface area contributed by atoms with Gasteiger partial charge in [-0.3, -0.25) is 4.79 Å². The monoisotopic (exact) mass is 531 g/mol. The Labute approximate surface area is 219 Å². The summed E-state index contributed by atoms with van der Waals surface area (Å²) in [7, 11) is 0. The van der Waals surface area contributed by atoms with Gasteiger partial charge in [0.25, 0.3) is 0 Å². The Balaban J connectivity index is 1.63. The van der Waals surface area contributed by atoms with E-state index in [4.69, 9.17) is 4.98 Å². The molecule has 0 bridgehead atoms. The Bertz CT molecular complexity index is 1250. The first-order valence-corrected chi connectivity index (χ1v) is 13.6. The molecular formula is C29H33F4N3O2. The van der Waals surface area contributed by atoms with E-state index >= 15 is 0 Å². The summed E-state index contributed by atoms with van der Waals surface area (Å²) in [6, 6.07) is 12.6. The third-order valence-electron chi connectivity index (χ3n) is 7.82. The van der Waals surface area contributed by atoms with Gasteiger partial charge in [0, 0.05) is 6.04 Å². The van der Waals surface area contributed by atoms with Gasteiger partial charge in [-0.05, 0) is 55.9 Å². The van der Waals surface area contributed by atoms with Gasteiger partial charge in [0.2, 0.25) is 5.91 Å². The number of nitrogens with one attached hydrogen (secondary N) is 1. The van der Waals surface area contributed by atoms with Crippen molar-refractivity contribution in [2.75, 3.05) is 0 Å². The zero-order valence-electron chi connectivity index (χ0n) is 21.2. The number of amides is 1. The fraction of sp³-hybridized carbons (Fsp3) is 0.517. The number of hydrogen-bond donors (Lipinski definition) is 1. The average Bonchev–Trinajstić information content (AvgIpc) is 3.29. The minimum Gasteiger partial charge on any atom is -0.428 e. The van der Waals surface area contributed by atoms with E-state index in [-0.39, 0.29) is 29.3 Å². The number of halogens is 4. The number of nitrogens with zero attached hydrogens (tertiary/aromatic N) is 2. The van der Waals surface area contributed by atoms with Crippen molar-refractivity contribution in [1.29, 1.82) is 0 Å². The van der Waals surface area contributed by atoms with Gasteiger partial charge in [0.15, 0.2) is 0 Å². The van der Waals surface area contributed by atoms with E-state index in [1.54, 1.807) is 12.1 Å². The predicted molar refractivity (Wildman–Crippen MR) is 137 cm³/mol. The van der Waals surface area contributed by atoms with Crippen molar-refractivity contribution in [3.8, 4) is 17.1 Å². The molecule has 9 heteroatoms. The fourth-order valence-electron chi connectivity index (χ4n) is 5.97. The molecule has 1 heterocycles. The van der Waals surface area contributed by atoms with Crippen LogP contribution >= 0.6 is 0 Å². The van der Waals surface area contributed by atoms with Crippen molar-refractivity contribution in [3.63, 3.8) is 0 Å². The van der Waals surface area contributed by atoms with Gasteiger partial charge in [-0.1, -0.05) is 62.8 Å². The van der Waals surface area contributed by atoms with Gasteiger partial charge in [-0.2, -0.15) is 17.6 Å². The molecule has 38 heavy (non-hydrogen) atoms. The third-order valence-corrected chi connectivity index (χ3v) is 7.82. The summed E-state index contributed by atoms with van der Waals surface area (Å²) < 4.78 is 60.5. The van der Waals surface area contributed by atoms with Crippen LogP contribution in [0.2, 0.25) is 0 Å². The molecule has 1 aromatic heterocycles. The standard InChI is InChI=1S/C29H33F4N3O2/c30-28(31)29(32,33)38-24-18-10-7-15-21(24)26-35-22-16-8-9-17-23(22)36(26)25(19-11-3-1-4-12-19)27(37)34-20-13-5-2-6-14-20/h7-10,15-20,25,28H,1-6,11-14H2,(H,34,37). The number of ether oxygens (including phenoxy) is 1. The molecule has 1 atom stereocenters. The van der Waals surface area contributed by atoms with Gasteiger partial charge in [0.05, 0.1) is 16.6 Å². The molecule has 0 saturated heterocycles. The highest BCUT2D eigenvalue weighted by molar-refractivity contribution is 5.88. The summed E-state index contributed by atoms with van der Waals surface area (Å²) in [5, 5.41) is 3.28. The molecule has 1 amide bonds. The Kier molecular flexibility index (Phi) is 7.91. The van der Waals surface area contributed by atoms with Crippen LogP contribution < -0.4 is 10.1 Å². The number of imidazole rings is 1. The molecule has 3 aromatic rings. The quantitative estimate of drug-likeness (QED) is 0.306. The average molecular weight is 532 g/mol. The molecule has 5 rings (SSSR count). The molecule has 2 aromatic carbocycles. The third kappa shape index (κ3) is 5.52. The predicted octanol–water partition coefficient (Wildman–Crippen LogP) is 7.51. The van der Waals surface area contributed by atoms with E-state index in [1.807, 2.05) is 22.8 Å². The van der Waals surface area contributed by atoms with Gasteiger partial charge < -0.3 is 14.6 Å². The molecule has 2 saturated carbocycles. The van der Waals surface area contributed by atoms with E-state index in [9.17, 15) is 22.4 Å². The van der Waals surface area contributed by atoms with E-state index in [0.717, 1.165) is 64.2 Å². The fourth-order valence-corrected chi connectivity index (χ4v) is 5.97. The Morgan fingerprint density at radius 3 is 2.26 bits per heavy atom. The molecule has 2 aliphatic carbocycles. The first-order chi connectivity index (χ1) is 18.3. The van der Waals surface area contributed by atoms with Crippen molar-refractivity contribution in [3.05, 3.63) is 48.5 Å². The highest BCUT2D eigenvalue weighted by Gasteiger charge is 2.45.